The van der Waals surface area contributed by atoms with Crippen LogP contribution in [-0.2, 0) is 12.8 Å². The average molecular weight is 690 g/mol. The van der Waals surface area contributed by atoms with E-state index >= 15 is 0 Å². The van der Waals surface area contributed by atoms with Gasteiger partial charge in [-0.1, -0.05) is 118 Å². The van der Waals surface area contributed by atoms with Gasteiger partial charge in [-0.05, 0) is 125 Å². The van der Waals surface area contributed by atoms with Crippen molar-refractivity contribution >= 4 is 88.6 Å². The van der Waals surface area contributed by atoms with Gasteiger partial charge in [0, 0.05) is 31.8 Å². The van der Waals surface area contributed by atoms with E-state index in [1.165, 1.54) is 86.0 Å². The minimum Gasteiger partial charge on any atom is -0.306 e. The zero-order chi connectivity index (χ0) is 33.1. The molecule has 0 fully saturated rings. The maximum absolute atomic E-state index is 2.79. The van der Waals surface area contributed by atoms with Crippen LogP contribution in [0.1, 0.15) is 56.2 Å². The Morgan fingerprint density at radius 2 is 0.735 bits per heavy atom. The lowest BCUT2D eigenvalue weighted by Gasteiger charge is -2.50. The van der Waals surface area contributed by atoms with Crippen LogP contribution in [-0.4, -0.2) is 0 Å². The number of hydrogen-bond donors (Lipinski definition) is 0. The summed E-state index contributed by atoms with van der Waals surface area (Å²) < 4.78 is 0. The number of benzene rings is 6. The molecule has 0 radical (unpaired) electrons. The largest absolute Gasteiger partial charge is 0.306 e. The lowest BCUT2D eigenvalue weighted by molar-refractivity contribution is 0.796. The topological polar surface area (TPSA) is 3.24 Å². The van der Waals surface area contributed by atoms with Crippen LogP contribution >= 0.6 is 23.8 Å². The third-order valence-electron chi connectivity index (χ3n) is 10.3. The zero-order valence-electron chi connectivity index (χ0n) is 28.7. The molecule has 1 nitrogen and oxygen atoms in total. The summed E-state index contributed by atoms with van der Waals surface area (Å²) in [5.41, 5.74) is 8.84. The molecular weight excluding hydrogens is 647 g/mol. The van der Waals surface area contributed by atoms with E-state index in [1.54, 1.807) is 21.2 Å². The number of aryl methyl sites for hydroxylation is 3. The predicted molar refractivity (Wildman–Crippen MR) is 220 cm³/mol. The van der Waals surface area contributed by atoms with Crippen molar-refractivity contribution in [3.8, 4) is 0 Å². The van der Waals surface area contributed by atoms with E-state index in [2.05, 4.69) is 153 Å². The highest BCUT2D eigenvalue weighted by Gasteiger charge is 2.47. The van der Waals surface area contributed by atoms with Crippen LogP contribution in [0.5, 0.6) is 0 Å². The Balaban J connectivity index is 1.45. The van der Waals surface area contributed by atoms with Gasteiger partial charge in [-0.25, -0.2) is 0 Å². The third-order valence-corrected chi connectivity index (χ3v) is 17.7. The zero-order valence-corrected chi connectivity index (χ0v) is 31.3. The first kappa shape index (κ1) is 31.4. The van der Waals surface area contributed by atoms with Crippen molar-refractivity contribution in [2.75, 3.05) is 4.90 Å². The van der Waals surface area contributed by atoms with E-state index < -0.39 is 23.8 Å². The number of rotatable bonds is 9. The molecule has 3 aliphatic rings. The number of hydrogen-bond acceptors (Lipinski definition) is 1. The molecule has 9 rings (SSSR count). The predicted octanol–water partition coefficient (Wildman–Crippen LogP) is 8.36. The molecule has 0 spiro atoms. The summed E-state index contributed by atoms with van der Waals surface area (Å²) in [6, 6.07) is 50.1. The fourth-order valence-electron chi connectivity index (χ4n) is 8.11. The van der Waals surface area contributed by atoms with Crippen molar-refractivity contribution in [1.29, 1.82) is 0 Å². The van der Waals surface area contributed by atoms with Gasteiger partial charge in [-0.3, -0.25) is 0 Å². The van der Waals surface area contributed by atoms with Crippen molar-refractivity contribution in [2.45, 2.75) is 59.3 Å². The summed E-state index contributed by atoms with van der Waals surface area (Å²) >= 11 is 0. The van der Waals surface area contributed by atoms with Crippen molar-refractivity contribution in [3.63, 3.8) is 0 Å². The molecule has 0 N–H and O–H groups in total. The minimum absolute atomic E-state index is 0.748. The van der Waals surface area contributed by atoms with Gasteiger partial charge in [0.1, 0.15) is 0 Å². The van der Waals surface area contributed by atoms with Gasteiger partial charge in [-0.15, -0.1) is 0 Å². The van der Waals surface area contributed by atoms with Crippen molar-refractivity contribution < 1.29 is 0 Å². The Hall–Kier alpha value is -3.59. The Labute approximate surface area is 295 Å². The normalized spacial score (nSPS) is 17.9. The highest BCUT2D eigenvalue weighted by atomic mass is 31.1. The average Bonchev–Trinajstić information content (AvgIpc) is 3.14. The maximum Gasteiger partial charge on any atom is 0.0629 e. The monoisotopic (exact) mass is 689 g/mol. The second-order valence-corrected chi connectivity index (χ2v) is 20.1. The van der Waals surface area contributed by atoms with Crippen LogP contribution < -0.4 is 52.6 Å². The number of anilines is 3. The van der Waals surface area contributed by atoms with Gasteiger partial charge in [0.05, 0.1) is 17.1 Å². The first-order valence-electron chi connectivity index (χ1n) is 18.0. The molecule has 0 amide bonds. The summed E-state index contributed by atoms with van der Waals surface area (Å²) in [7, 11) is -2.25. The fourth-order valence-corrected chi connectivity index (χ4v) is 16.7. The molecule has 3 aliphatic heterocycles. The van der Waals surface area contributed by atoms with E-state index in [0.29, 0.717) is 0 Å². The Bertz CT molecular complexity index is 2050. The van der Waals surface area contributed by atoms with Gasteiger partial charge in [0.15, 0.2) is 0 Å². The van der Waals surface area contributed by atoms with Crippen LogP contribution in [0.2, 0.25) is 0 Å². The van der Waals surface area contributed by atoms with Crippen molar-refractivity contribution in [3.05, 3.63) is 144 Å². The molecule has 6 aromatic carbocycles. The molecule has 0 aromatic heterocycles. The number of nitrogens with zero attached hydrogens (tertiary/aromatic N) is 1. The maximum atomic E-state index is 2.79. The Kier molecular flexibility index (Phi) is 8.29. The molecule has 3 heterocycles. The standard InChI is InChI=1S/C45H42NP3/c1-4-6-17-32-27-39-44-41(29-32)49(36-23-15-10-16-24-36)42-30-33(18-7-5-2)28-40-45(42)46(44)43-37(47(39)34-19-11-8-12-20-34)25-31(3)26-38(43)48(40)35-21-13-9-14-22-35/h8-16,19-30H,4-7,17-18H2,1-3H3. The molecule has 0 saturated heterocycles. The van der Waals surface area contributed by atoms with Crippen LogP contribution in [0.3, 0.4) is 0 Å². The fraction of sp³-hybridized carbons (Fsp3) is 0.200. The lowest BCUT2D eigenvalue weighted by atomic mass is 10.0. The Morgan fingerprint density at radius 1 is 0.429 bits per heavy atom. The van der Waals surface area contributed by atoms with Gasteiger partial charge >= 0.3 is 0 Å². The second-order valence-electron chi connectivity index (χ2n) is 13.7. The molecule has 0 bridgehead atoms. The molecule has 0 aliphatic carbocycles. The van der Waals surface area contributed by atoms with Crippen molar-refractivity contribution in [1.82, 2.24) is 0 Å². The van der Waals surface area contributed by atoms with E-state index in [-0.39, 0.29) is 0 Å². The molecule has 2 atom stereocenters. The molecule has 242 valence electrons. The van der Waals surface area contributed by atoms with Crippen LogP contribution in [0, 0.1) is 6.92 Å². The van der Waals surface area contributed by atoms with Gasteiger partial charge < -0.3 is 4.90 Å². The van der Waals surface area contributed by atoms with Crippen LogP contribution in [0.15, 0.2) is 127 Å². The van der Waals surface area contributed by atoms with E-state index in [1.807, 2.05) is 0 Å². The van der Waals surface area contributed by atoms with Crippen LogP contribution in [0.4, 0.5) is 17.1 Å². The van der Waals surface area contributed by atoms with Gasteiger partial charge in [0.2, 0.25) is 0 Å². The molecule has 49 heavy (non-hydrogen) atoms. The molecule has 4 heteroatoms. The smallest absolute Gasteiger partial charge is 0.0629 e. The first-order chi connectivity index (χ1) is 24.2. The Morgan fingerprint density at radius 3 is 1.04 bits per heavy atom. The minimum atomic E-state index is -0.755. The van der Waals surface area contributed by atoms with Crippen molar-refractivity contribution in [2.24, 2.45) is 0 Å². The summed E-state index contributed by atoms with van der Waals surface area (Å²) in [5.74, 6) is 0. The van der Waals surface area contributed by atoms with Gasteiger partial charge in [0.25, 0.3) is 0 Å². The summed E-state index contributed by atoms with van der Waals surface area (Å²) in [6.45, 7) is 6.98. The summed E-state index contributed by atoms with van der Waals surface area (Å²) in [5, 5.41) is 13.7. The molecule has 6 aromatic rings. The molecular formula is C45H42NP3. The quantitative estimate of drug-likeness (QED) is 0.138. The van der Waals surface area contributed by atoms with E-state index in [0.717, 1.165) is 12.8 Å². The second kappa shape index (κ2) is 12.9. The van der Waals surface area contributed by atoms with Gasteiger partial charge in [-0.2, -0.15) is 0 Å². The van der Waals surface area contributed by atoms with E-state index in [4.69, 9.17) is 0 Å². The molecule has 2 unspecified atom stereocenters. The lowest BCUT2D eigenvalue weighted by Crippen LogP contribution is -2.50. The third kappa shape index (κ3) is 5.16. The number of unbranched alkanes of at least 4 members (excludes halogenated alkanes) is 2. The van der Waals surface area contributed by atoms with E-state index in [9.17, 15) is 0 Å². The van der Waals surface area contributed by atoms with Crippen LogP contribution in [0.25, 0.3) is 0 Å². The first-order valence-corrected chi connectivity index (χ1v) is 22.0. The molecule has 0 saturated carbocycles. The summed E-state index contributed by atoms with van der Waals surface area (Å²) in [6.07, 6.45) is 7.12. The SMILES string of the molecule is CCCCc1cc2c3c(c1)P(c1ccccc1)c1cc(CCCC)cc4c1N3c1c(cc(C)cc1P4c1ccccc1)P2c1ccccc1. The summed E-state index contributed by atoms with van der Waals surface area (Å²) in [4.78, 5) is 2.79. The highest BCUT2D eigenvalue weighted by Crippen LogP contribution is 2.59. The highest BCUT2D eigenvalue weighted by molar-refractivity contribution is 7.84.